The summed E-state index contributed by atoms with van der Waals surface area (Å²) in [6.45, 7) is 5.52. The monoisotopic (exact) mass is 314 g/mol. The molecule has 1 N–H and O–H groups in total. The lowest BCUT2D eigenvalue weighted by Crippen LogP contribution is -2.52. The van der Waals surface area contributed by atoms with Gasteiger partial charge in [-0.15, -0.1) is 0 Å². The smallest absolute Gasteiger partial charge is 0.127 e. The van der Waals surface area contributed by atoms with Gasteiger partial charge in [0.05, 0.1) is 12.7 Å². The van der Waals surface area contributed by atoms with E-state index in [9.17, 15) is 4.39 Å². The number of likely N-dealkylation sites (N-methyl/N-ethyl adjacent to an activating group) is 1. The Kier molecular flexibility index (Phi) is 6.42. The first-order valence-electron chi connectivity index (χ1n) is 7.58. The van der Waals surface area contributed by atoms with Gasteiger partial charge in [-0.05, 0) is 38.6 Å². The number of halogens is 2. The molecule has 1 aromatic rings. The second-order valence-corrected chi connectivity index (χ2v) is 6.04. The highest BCUT2D eigenvalue weighted by molar-refractivity contribution is 6.31. The number of nitrogens with zero attached hydrogens (tertiary/aromatic N) is 1. The van der Waals surface area contributed by atoms with E-state index in [4.69, 9.17) is 16.3 Å². The van der Waals surface area contributed by atoms with Crippen molar-refractivity contribution in [1.82, 2.24) is 10.2 Å². The van der Waals surface area contributed by atoms with Crippen molar-refractivity contribution in [2.75, 3.05) is 33.3 Å². The number of hydrogen-bond donors (Lipinski definition) is 1. The average molecular weight is 315 g/mol. The number of ether oxygens (including phenoxy) is 1. The van der Waals surface area contributed by atoms with Gasteiger partial charge >= 0.3 is 0 Å². The maximum Gasteiger partial charge on any atom is 0.127 e. The highest BCUT2D eigenvalue weighted by Gasteiger charge is 2.27. The Morgan fingerprint density at radius 1 is 1.52 bits per heavy atom. The summed E-state index contributed by atoms with van der Waals surface area (Å²) in [5.41, 5.74) is 0.574. The molecule has 1 fully saturated rings. The number of hydrogen-bond acceptors (Lipinski definition) is 3. The first-order valence-corrected chi connectivity index (χ1v) is 7.96. The van der Waals surface area contributed by atoms with E-state index in [0.717, 1.165) is 32.7 Å². The lowest BCUT2D eigenvalue weighted by molar-refractivity contribution is -0.0384. The van der Waals surface area contributed by atoms with Crippen molar-refractivity contribution in [3.05, 3.63) is 34.6 Å². The van der Waals surface area contributed by atoms with Crippen LogP contribution in [0.15, 0.2) is 18.2 Å². The third-order valence-electron chi connectivity index (χ3n) is 3.89. The van der Waals surface area contributed by atoms with Crippen LogP contribution in [0.4, 0.5) is 4.39 Å². The minimum atomic E-state index is -0.241. The number of morpholine rings is 1. The molecule has 5 heteroatoms. The summed E-state index contributed by atoms with van der Waals surface area (Å²) in [7, 11) is 2.09. The Labute approximate surface area is 131 Å². The molecule has 1 heterocycles. The minimum absolute atomic E-state index is 0.0611. The summed E-state index contributed by atoms with van der Waals surface area (Å²) in [4.78, 5) is 2.25. The van der Waals surface area contributed by atoms with Gasteiger partial charge in [0, 0.05) is 29.7 Å². The Hall–Kier alpha value is -0.680. The second-order valence-electron chi connectivity index (χ2n) is 5.64. The lowest BCUT2D eigenvalue weighted by Gasteiger charge is -2.36. The molecule has 21 heavy (non-hydrogen) atoms. The minimum Gasteiger partial charge on any atom is -0.374 e. The molecule has 0 spiro atoms. The van der Waals surface area contributed by atoms with Crippen LogP contribution in [0, 0.1) is 5.82 Å². The quantitative estimate of drug-likeness (QED) is 0.874. The maximum atomic E-state index is 14.0. The molecule has 0 bridgehead atoms. The Morgan fingerprint density at radius 3 is 3.00 bits per heavy atom. The molecule has 2 atom stereocenters. The SMILES string of the molecule is CCCNC(Cc1c(F)cccc1Cl)C1CN(C)CCO1. The zero-order chi connectivity index (χ0) is 15.2. The van der Waals surface area contributed by atoms with Crippen LogP contribution < -0.4 is 5.32 Å². The lowest BCUT2D eigenvalue weighted by atomic mass is 9.99. The van der Waals surface area contributed by atoms with E-state index in [1.165, 1.54) is 6.07 Å². The molecule has 2 unspecified atom stereocenters. The standard InChI is InChI=1S/C16H24ClFN2O/c1-3-7-19-15(16-11-20(2)8-9-21-16)10-12-13(17)5-4-6-14(12)18/h4-6,15-16,19H,3,7-11H2,1-2H3. The van der Waals surface area contributed by atoms with Crippen molar-refractivity contribution in [3.8, 4) is 0 Å². The third-order valence-corrected chi connectivity index (χ3v) is 4.24. The van der Waals surface area contributed by atoms with Crippen molar-refractivity contribution in [2.45, 2.75) is 31.9 Å². The van der Waals surface area contributed by atoms with Crippen molar-refractivity contribution in [1.29, 1.82) is 0 Å². The summed E-state index contributed by atoms with van der Waals surface area (Å²) in [6, 6.07) is 4.92. The van der Waals surface area contributed by atoms with Crippen LogP contribution in [0.1, 0.15) is 18.9 Å². The zero-order valence-corrected chi connectivity index (χ0v) is 13.5. The van der Waals surface area contributed by atoms with Crippen LogP contribution in [0.3, 0.4) is 0 Å². The highest BCUT2D eigenvalue weighted by atomic mass is 35.5. The zero-order valence-electron chi connectivity index (χ0n) is 12.7. The molecule has 1 aliphatic heterocycles. The van der Waals surface area contributed by atoms with Crippen molar-refractivity contribution < 1.29 is 9.13 Å². The fourth-order valence-electron chi connectivity index (χ4n) is 2.67. The van der Waals surface area contributed by atoms with Gasteiger partial charge in [0.1, 0.15) is 5.82 Å². The first-order chi connectivity index (χ1) is 10.1. The van der Waals surface area contributed by atoms with Gasteiger partial charge in [-0.1, -0.05) is 24.6 Å². The third kappa shape index (κ3) is 4.65. The van der Waals surface area contributed by atoms with Gasteiger partial charge in [0.15, 0.2) is 0 Å². The van der Waals surface area contributed by atoms with Crippen molar-refractivity contribution in [3.63, 3.8) is 0 Å². The molecule has 1 aliphatic rings. The molecule has 2 rings (SSSR count). The summed E-state index contributed by atoms with van der Waals surface area (Å²) >= 11 is 6.16. The molecule has 118 valence electrons. The molecule has 0 radical (unpaired) electrons. The molecular formula is C16H24ClFN2O. The van der Waals surface area contributed by atoms with Crippen LogP contribution in [-0.4, -0.2) is 50.3 Å². The second kappa shape index (κ2) is 8.08. The molecule has 0 saturated carbocycles. The number of rotatable bonds is 6. The normalized spacial score (nSPS) is 21.4. The fraction of sp³-hybridized carbons (Fsp3) is 0.625. The van der Waals surface area contributed by atoms with E-state index in [0.29, 0.717) is 17.0 Å². The van der Waals surface area contributed by atoms with Crippen LogP contribution in [0.2, 0.25) is 5.02 Å². The summed E-state index contributed by atoms with van der Waals surface area (Å²) < 4.78 is 19.9. The topological polar surface area (TPSA) is 24.5 Å². The van der Waals surface area contributed by atoms with Gasteiger partial charge in [0.25, 0.3) is 0 Å². The summed E-state index contributed by atoms with van der Waals surface area (Å²) in [6.07, 6.45) is 1.64. The van der Waals surface area contributed by atoms with Gasteiger partial charge in [-0.2, -0.15) is 0 Å². The van der Waals surface area contributed by atoms with Gasteiger partial charge in [-0.3, -0.25) is 0 Å². The summed E-state index contributed by atoms with van der Waals surface area (Å²) in [5, 5.41) is 3.97. The van der Waals surface area contributed by atoms with E-state index in [1.54, 1.807) is 12.1 Å². The molecule has 3 nitrogen and oxygen atoms in total. The van der Waals surface area contributed by atoms with Gasteiger partial charge < -0.3 is 15.0 Å². The largest absolute Gasteiger partial charge is 0.374 e. The van der Waals surface area contributed by atoms with E-state index in [-0.39, 0.29) is 18.0 Å². The fourth-order valence-corrected chi connectivity index (χ4v) is 2.91. The predicted molar refractivity (Wildman–Crippen MR) is 84.4 cm³/mol. The van der Waals surface area contributed by atoms with Crippen LogP contribution in [0.5, 0.6) is 0 Å². The van der Waals surface area contributed by atoms with Crippen molar-refractivity contribution >= 4 is 11.6 Å². The number of benzene rings is 1. The molecular weight excluding hydrogens is 291 g/mol. The molecule has 1 aromatic carbocycles. The van der Waals surface area contributed by atoms with E-state index < -0.39 is 0 Å². The predicted octanol–water partition coefficient (Wildman–Crippen LogP) is 2.72. The Balaban J connectivity index is 2.12. The van der Waals surface area contributed by atoms with Crippen LogP contribution in [-0.2, 0) is 11.2 Å². The maximum absolute atomic E-state index is 14.0. The van der Waals surface area contributed by atoms with E-state index >= 15 is 0 Å². The molecule has 0 amide bonds. The molecule has 0 aromatic heterocycles. The Bertz CT molecular complexity index is 438. The molecule has 1 saturated heterocycles. The number of nitrogens with one attached hydrogen (secondary N) is 1. The first kappa shape index (κ1) is 16.7. The van der Waals surface area contributed by atoms with Gasteiger partial charge in [-0.25, -0.2) is 4.39 Å². The summed E-state index contributed by atoms with van der Waals surface area (Å²) in [5.74, 6) is -0.241. The van der Waals surface area contributed by atoms with E-state index in [1.807, 2.05) is 0 Å². The van der Waals surface area contributed by atoms with Crippen LogP contribution >= 0.6 is 11.6 Å². The highest BCUT2D eigenvalue weighted by Crippen LogP contribution is 2.22. The van der Waals surface area contributed by atoms with E-state index in [2.05, 4.69) is 24.2 Å². The molecule has 0 aliphatic carbocycles. The Morgan fingerprint density at radius 2 is 2.33 bits per heavy atom. The van der Waals surface area contributed by atoms with Crippen LogP contribution in [0.25, 0.3) is 0 Å². The van der Waals surface area contributed by atoms with Crippen molar-refractivity contribution in [2.24, 2.45) is 0 Å². The average Bonchev–Trinajstić information content (AvgIpc) is 2.46. The van der Waals surface area contributed by atoms with Gasteiger partial charge in [0.2, 0.25) is 0 Å².